The molecule has 3 rings (SSSR count). The summed E-state index contributed by atoms with van der Waals surface area (Å²) in [5, 5.41) is 7.08. The van der Waals surface area contributed by atoms with Crippen molar-refractivity contribution in [3.63, 3.8) is 0 Å². The van der Waals surface area contributed by atoms with E-state index in [1.807, 2.05) is 38.2 Å². The van der Waals surface area contributed by atoms with Gasteiger partial charge >= 0.3 is 6.18 Å². The smallest absolute Gasteiger partial charge is 0.352 e. The first kappa shape index (κ1) is 17.9. The van der Waals surface area contributed by atoms with Crippen LogP contribution in [0.15, 0.2) is 42.6 Å². The van der Waals surface area contributed by atoms with Crippen LogP contribution in [0.2, 0.25) is 0 Å². The maximum Gasteiger partial charge on any atom is 0.433 e. The van der Waals surface area contributed by atoms with Crippen LogP contribution in [0.25, 0.3) is 11.3 Å². The Balaban J connectivity index is 1.83. The number of nitrogens with zero attached hydrogens (tertiary/aromatic N) is 4. The fourth-order valence-corrected chi connectivity index (χ4v) is 2.41. The second-order valence-electron chi connectivity index (χ2n) is 5.97. The molecule has 3 aromatic rings. The molecule has 0 radical (unpaired) electrons. The molecule has 1 N–H and O–H groups in total. The number of halogens is 3. The van der Waals surface area contributed by atoms with Crippen LogP contribution in [0.1, 0.15) is 17.0 Å². The van der Waals surface area contributed by atoms with Gasteiger partial charge in [-0.05, 0) is 26.0 Å². The third kappa shape index (κ3) is 4.38. The maximum absolute atomic E-state index is 13.2. The summed E-state index contributed by atoms with van der Waals surface area (Å²) in [5.41, 5.74) is 1.76. The van der Waals surface area contributed by atoms with Gasteiger partial charge in [0.2, 0.25) is 5.95 Å². The number of rotatable bonds is 5. The molecule has 1 aromatic carbocycles. The fraction of sp³-hybridized carbons (Fsp3) is 0.278. The zero-order valence-electron chi connectivity index (χ0n) is 14.4. The summed E-state index contributed by atoms with van der Waals surface area (Å²) in [4.78, 5) is 7.84. The van der Waals surface area contributed by atoms with E-state index in [1.165, 1.54) is 0 Å². The molecule has 2 aromatic heterocycles. The second-order valence-corrected chi connectivity index (χ2v) is 5.97. The molecule has 0 spiro atoms. The molecule has 26 heavy (non-hydrogen) atoms. The number of aryl methyl sites for hydroxylation is 2. The van der Waals surface area contributed by atoms with Crippen molar-refractivity contribution in [3.8, 4) is 11.3 Å². The molecule has 8 heteroatoms. The van der Waals surface area contributed by atoms with E-state index in [0.29, 0.717) is 18.7 Å². The highest BCUT2D eigenvalue weighted by Gasteiger charge is 2.33. The fourth-order valence-electron chi connectivity index (χ4n) is 2.41. The predicted molar refractivity (Wildman–Crippen MR) is 92.7 cm³/mol. The van der Waals surface area contributed by atoms with Gasteiger partial charge in [0.05, 0.1) is 17.9 Å². The number of hydrogen-bond donors (Lipinski definition) is 1. The third-order valence-electron chi connectivity index (χ3n) is 3.76. The first-order chi connectivity index (χ1) is 12.3. The van der Waals surface area contributed by atoms with Crippen molar-refractivity contribution in [3.05, 3.63) is 59.5 Å². The molecule has 0 fully saturated rings. The standard InChI is InChI=1S/C18H18F3N5/c1-12-3-5-14(6-4-12)15-11-16(18(19,20)21)24-17(23-15)22-8-10-26-9-7-13(2)25-26/h3-7,9,11H,8,10H2,1-2H3,(H,22,23,24). The summed E-state index contributed by atoms with van der Waals surface area (Å²) in [5.74, 6) is -0.0562. The number of hydrogen-bond acceptors (Lipinski definition) is 4. The lowest BCUT2D eigenvalue weighted by Gasteiger charge is -2.12. The Hall–Kier alpha value is -2.90. The third-order valence-corrected chi connectivity index (χ3v) is 3.76. The summed E-state index contributed by atoms with van der Waals surface area (Å²) in [6, 6.07) is 9.97. The lowest BCUT2D eigenvalue weighted by Crippen LogP contribution is -2.16. The largest absolute Gasteiger partial charge is 0.433 e. The van der Waals surface area contributed by atoms with E-state index in [9.17, 15) is 13.2 Å². The minimum atomic E-state index is -4.54. The Bertz CT molecular complexity index is 885. The zero-order chi connectivity index (χ0) is 18.7. The van der Waals surface area contributed by atoms with Crippen LogP contribution < -0.4 is 5.32 Å². The van der Waals surface area contributed by atoms with E-state index in [4.69, 9.17) is 0 Å². The average molecular weight is 361 g/mol. The lowest BCUT2D eigenvalue weighted by atomic mass is 10.1. The van der Waals surface area contributed by atoms with Gasteiger partial charge in [0.1, 0.15) is 0 Å². The maximum atomic E-state index is 13.2. The summed E-state index contributed by atoms with van der Waals surface area (Å²) in [7, 11) is 0. The lowest BCUT2D eigenvalue weighted by molar-refractivity contribution is -0.141. The van der Waals surface area contributed by atoms with Gasteiger partial charge in [-0.15, -0.1) is 0 Å². The zero-order valence-corrected chi connectivity index (χ0v) is 14.4. The first-order valence-corrected chi connectivity index (χ1v) is 8.08. The monoisotopic (exact) mass is 361 g/mol. The average Bonchev–Trinajstić information content (AvgIpc) is 3.00. The molecule has 136 valence electrons. The van der Waals surface area contributed by atoms with Gasteiger partial charge in [0.25, 0.3) is 0 Å². The van der Waals surface area contributed by atoms with Crippen molar-refractivity contribution < 1.29 is 13.2 Å². The van der Waals surface area contributed by atoms with Crippen molar-refractivity contribution >= 4 is 5.95 Å². The summed E-state index contributed by atoms with van der Waals surface area (Å²) >= 11 is 0. The van der Waals surface area contributed by atoms with Crippen molar-refractivity contribution in [2.75, 3.05) is 11.9 Å². The van der Waals surface area contributed by atoms with Gasteiger partial charge in [0.15, 0.2) is 5.69 Å². The van der Waals surface area contributed by atoms with Crippen LogP contribution in [-0.2, 0) is 12.7 Å². The van der Waals surface area contributed by atoms with E-state index in [-0.39, 0.29) is 11.6 Å². The molecule has 5 nitrogen and oxygen atoms in total. The topological polar surface area (TPSA) is 55.6 Å². The summed E-state index contributed by atoms with van der Waals surface area (Å²) in [6.07, 6.45) is -2.74. The van der Waals surface area contributed by atoms with Gasteiger partial charge in [0, 0.05) is 18.3 Å². The number of nitrogens with one attached hydrogen (secondary N) is 1. The van der Waals surface area contributed by atoms with Gasteiger partial charge in [-0.25, -0.2) is 9.97 Å². The Morgan fingerprint density at radius 2 is 1.77 bits per heavy atom. The van der Waals surface area contributed by atoms with Crippen LogP contribution in [0.4, 0.5) is 19.1 Å². The molecule has 0 bridgehead atoms. The van der Waals surface area contributed by atoms with Crippen LogP contribution in [0, 0.1) is 13.8 Å². The number of benzene rings is 1. The molecule has 0 aliphatic carbocycles. The van der Waals surface area contributed by atoms with E-state index < -0.39 is 11.9 Å². The summed E-state index contributed by atoms with van der Waals surface area (Å²) < 4.78 is 41.3. The molecule has 0 amide bonds. The quantitative estimate of drug-likeness (QED) is 0.744. The molecule has 0 unspecified atom stereocenters. The van der Waals surface area contributed by atoms with E-state index >= 15 is 0 Å². The molecule has 0 saturated carbocycles. The second kappa shape index (κ2) is 7.15. The molecular formula is C18H18F3N5. The Kier molecular flexibility index (Phi) is 4.92. The SMILES string of the molecule is Cc1ccc(-c2cc(C(F)(F)F)nc(NCCn3ccc(C)n3)n2)cc1. The van der Waals surface area contributed by atoms with Crippen molar-refractivity contribution in [2.24, 2.45) is 0 Å². The first-order valence-electron chi connectivity index (χ1n) is 8.08. The Morgan fingerprint density at radius 1 is 1.04 bits per heavy atom. The van der Waals surface area contributed by atoms with E-state index in [1.54, 1.807) is 16.8 Å². The highest BCUT2D eigenvalue weighted by molar-refractivity contribution is 5.61. The minimum Gasteiger partial charge on any atom is -0.352 e. The predicted octanol–water partition coefficient (Wildman–Crippen LogP) is 4.09. The molecule has 0 aliphatic rings. The highest BCUT2D eigenvalue weighted by Crippen LogP contribution is 2.31. The Labute approximate surface area is 148 Å². The molecular weight excluding hydrogens is 343 g/mol. The molecule has 0 aliphatic heterocycles. The van der Waals surface area contributed by atoms with Crippen molar-refractivity contribution in [2.45, 2.75) is 26.6 Å². The normalized spacial score (nSPS) is 11.6. The van der Waals surface area contributed by atoms with Gasteiger partial charge in [-0.2, -0.15) is 18.3 Å². The van der Waals surface area contributed by atoms with Crippen molar-refractivity contribution in [1.29, 1.82) is 0 Å². The van der Waals surface area contributed by atoms with Gasteiger partial charge in [-0.3, -0.25) is 4.68 Å². The number of aromatic nitrogens is 4. The van der Waals surface area contributed by atoms with Crippen LogP contribution in [-0.4, -0.2) is 26.3 Å². The molecule has 0 atom stereocenters. The van der Waals surface area contributed by atoms with Crippen molar-refractivity contribution in [1.82, 2.24) is 19.7 Å². The van der Waals surface area contributed by atoms with Crippen LogP contribution in [0.3, 0.4) is 0 Å². The number of anilines is 1. The van der Waals surface area contributed by atoms with Crippen LogP contribution >= 0.6 is 0 Å². The van der Waals surface area contributed by atoms with Gasteiger partial charge < -0.3 is 5.32 Å². The Morgan fingerprint density at radius 3 is 2.38 bits per heavy atom. The summed E-state index contributed by atoms with van der Waals surface area (Å²) in [6.45, 7) is 4.63. The molecule has 0 saturated heterocycles. The highest BCUT2D eigenvalue weighted by atomic mass is 19.4. The minimum absolute atomic E-state index is 0.0562. The molecule has 2 heterocycles. The van der Waals surface area contributed by atoms with Crippen LogP contribution in [0.5, 0.6) is 0 Å². The van der Waals surface area contributed by atoms with E-state index in [0.717, 1.165) is 17.3 Å². The number of alkyl halides is 3. The van der Waals surface area contributed by atoms with Gasteiger partial charge in [-0.1, -0.05) is 29.8 Å². The van der Waals surface area contributed by atoms with E-state index in [2.05, 4.69) is 20.4 Å².